The average Bonchev–Trinajstić information content (AvgIpc) is 2.62. The molecule has 0 amide bonds. The van der Waals surface area contributed by atoms with Crippen LogP contribution in [-0.4, -0.2) is 10.2 Å². The molecule has 2 aromatic rings. The molecule has 4 heteroatoms. The second-order valence-corrected chi connectivity index (χ2v) is 5.54. The first-order valence-corrected chi connectivity index (χ1v) is 5.79. The van der Waals surface area contributed by atoms with Gasteiger partial charge in [0, 0.05) is 5.56 Å². The number of nitrogens with one attached hydrogen (secondary N) is 1. The van der Waals surface area contributed by atoms with Crippen LogP contribution in [0.3, 0.4) is 0 Å². The Bertz CT molecular complexity index is 538. The molecule has 18 heavy (non-hydrogen) atoms. The maximum Gasteiger partial charge on any atom is 0.126 e. The molecule has 0 spiro atoms. The standard InChI is InChI=1S/C14H19N3.ClH/c1-9-5-10(12-8-16-17-13(12)15)7-11(6-9)14(2,3)4;/h5-8H,1-4H3,(H3,15,16,17);1H. The van der Waals surface area contributed by atoms with Gasteiger partial charge in [0.15, 0.2) is 0 Å². The molecular weight excluding hydrogens is 246 g/mol. The predicted octanol–water partition coefficient (Wildman–Crippen LogP) is 3.69. The lowest BCUT2D eigenvalue weighted by Crippen LogP contribution is -2.11. The summed E-state index contributed by atoms with van der Waals surface area (Å²) in [5.41, 5.74) is 10.7. The minimum absolute atomic E-state index is 0. The molecule has 0 fully saturated rings. The molecule has 0 saturated carbocycles. The number of aryl methyl sites for hydroxylation is 1. The summed E-state index contributed by atoms with van der Waals surface area (Å²) in [6.07, 6.45) is 1.77. The molecular formula is C14H20ClN3. The molecule has 1 aromatic heterocycles. The number of nitrogen functional groups attached to an aromatic ring is 1. The van der Waals surface area contributed by atoms with Gasteiger partial charge in [-0.05, 0) is 23.5 Å². The third-order valence-electron chi connectivity index (χ3n) is 2.92. The zero-order valence-electron chi connectivity index (χ0n) is 11.2. The predicted molar refractivity (Wildman–Crippen MR) is 79.1 cm³/mol. The van der Waals surface area contributed by atoms with Crippen LogP contribution in [0.25, 0.3) is 11.1 Å². The molecule has 2 rings (SSSR count). The Morgan fingerprint density at radius 3 is 2.33 bits per heavy atom. The highest BCUT2D eigenvalue weighted by atomic mass is 35.5. The molecule has 0 bridgehead atoms. The molecule has 0 radical (unpaired) electrons. The molecule has 0 aliphatic carbocycles. The van der Waals surface area contributed by atoms with Gasteiger partial charge in [0.1, 0.15) is 5.82 Å². The zero-order chi connectivity index (χ0) is 12.6. The maximum atomic E-state index is 5.86. The number of nitrogens with two attached hydrogens (primary N) is 1. The van der Waals surface area contributed by atoms with Crippen molar-refractivity contribution in [3.63, 3.8) is 0 Å². The van der Waals surface area contributed by atoms with Crippen LogP contribution >= 0.6 is 12.4 Å². The van der Waals surface area contributed by atoms with E-state index in [9.17, 15) is 0 Å². The van der Waals surface area contributed by atoms with Gasteiger partial charge >= 0.3 is 0 Å². The fraction of sp³-hybridized carbons (Fsp3) is 0.357. The van der Waals surface area contributed by atoms with Crippen LogP contribution in [-0.2, 0) is 5.41 Å². The maximum absolute atomic E-state index is 5.86. The third kappa shape index (κ3) is 2.85. The Morgan fingerprint density at radius 1 is 1.17 bits per heavy atom. The molecule has 0 aliphatic rings. The van der Waals surface area contributed by atoms with Crippen molar-refractivity contribution in [2.75, 3.05) is 5.73 Å². The van der Waals surface area contributed by atoms with Crippen molar-refractivity contribution in [2.45, 2.75) is 33.1 Å². The summed E-state index contributed by atoms with van der Waals surface area (Å²) in [5, 5.41) is 6.74. The molecule has 0 saturated heterocycles. The van der Waals surface area contributed by atoms with Gasteiger partial charge in [-0.2, -0.15) is 5.10 Å². The summed E-state index contributed by atoms with van der Waals surface area (Å²) in [6, 6.07) is 6.55. The van der Waals surface area contributed by atoms with E-state index in [0.29, 0.717) is 5.82 Å². The first-order chi connectivity index (χ1) is 7.88. The fourth-order valence-electron chi connectivity index (χ4n) is 1.90. The molecule has 1 aromatic carbocycles. The SMILES string of the molecule is Cc1cc(-c2cn[nH]c2N)cc(C(C)(C)C)c1.Cl. The molecule has 3 nitrogen and oxygen atoms in total. The zero-order valence-corrected chi connectivity index (χ0v) is 12.1. The highest BCUT2D eigenvalue weighted by molar-refractivity contribution is 5.85. The molecule has 1 heterocycles. The number of benzene rings is 1. The summed E-state index contributed by atoms with van der Waals surface area (Å²) >= 11 is 0. The number of nitrogens with zero attached hydrogens (tertiary/aromatic N) is 1. The normalized spacial score (nSPS) is 11.1. The first-order valence-electron chi connectivity index (χ1n) is 5.79. The number of aromatic nitrogens is 2. The second-order valence-electron chi connectivity index (χ2n) is 5.54. The summed E-state index contributed by atoms with van der Waals surface area (Å²) in [6.45, 7) is 8.74. The minimum atomic E-state index is 0. The minimum Gasteiger partial charge on any atom is -0.384 e. The molecule has 3 N–H and O–H groups in total. The average molecular weight is 266 g/mol. The van der Waals surface area contributed by atoms with Crippen LogP contribution in [0.15, 0.2) is 24.4 Å². The Kier molecular flexibility index (Phi) is 4.07. The van der Waals surface area contributed by atoms with E-state index in [1.165, 1.54) is 11.1 Å². The Hall–Kier alpha value is -1.48. The molecule has 0 aliphatic heterocycles. The molecule has 0 atom stereocenters. The van der Waals surface area contributed by atoms with Crippen molar-refractivity contribution in [2.24, 2.45) is 0 Å². The molecule has 0 unspecified atom stereocenters. The van der Waals surface area contributed by atoms with Gasteiger partial charge in [0.25, 0.3) is 0 Å². The van der Waals surface area contributed by atoms with Crippen LogP contribution in [0.4, 0.5) is 5.82 Å². The van der Waals surface area contributed by atoms with E-state index in [4.69, 9.17) is 5.73 Å². The fourth-order valence-corrected chi connectivity index (χ4v) is 1.90. The van der Waals surface area contributed by atoms with Crippen LogP contribution in [0, 0.1) is 6.92 Å². The van der Waals surface area contributed by atoms with Gasteiger partial charge in [-0.1, -0.05) is 44.5 Å². The van der Waals surface area contributed by atoms with E-state index >= 15 is 0 Å². The van der Waals surface area contributed by atoms with Crippen LogP contribution in [0.2, 0.25) is 0 Å². The number of rotatable bonds is 1. The lowest BCUT2D eigenvalue weighted by atomic mass is 9.84. The topological polar surface area (TPSA) is 54.7 Å². The quantitative estimate of drug-likeness (QED) is 0.826. The van der Waals surface area contributed by atoms with Crippen molar-refractivity contribution >= 4 is 18.2 Å². The van der Waals surface area contributed by atoms with E-state index < -0.39 is 0 Å². The number of anilines is 1. The van der Waals surface area contributed by atoms with Gasteiger partial charge in [0.2, 0.25) is 0 Å². The Morgan fingerprint density at radius 2 is 1.83 bits per heavy atom. The van der Waals surface area contributed by atoms with Crippen LogP contribution in [0.1, 0.15) is 31.9 Å². The third-order valence-corrected chi connectivity index (χ3v) is 2.92. The summed E-state index contributed by atoms with van der Waals surface area (Å²) in [4.78, 5) is 0. The summed E-state index contributed by atoms with van der Waals surface area (Å²) in [5.74, 6) is 0.621. The van der Waals surface area contributed by atoms with E-state index in [2.05, 4.69) is 56.1 Å². The summed E-state index contributed by atoms with van der Waals surface area (Å²) in [7, 11) is 0. The number of H-pyrrole nitrogens is 1. The van der Waals surface area contributed by atoms with Crippen molar-refractivity contribution in [3.05, 3.63) is 35.5 Å². The number of aromatic amines is 1. The lowest BCUT2D eigenvalue weighted by molar-refractivity contribution is 0.590. The molecule has 98 valence electrons. The number of hydrogen-bond acceptors (Lipinski definition) is 2. The van der Waals surface area contributed by atoms with Crippen LogP contribution in [0.5, 0.6) is 0 Å². The van der Waals surface area contributed by atoms with E-state index in [1.807, 2.05) is 0 Å². The Balaban J connectivity index is 0.00000162. The van der Waals surface area contributed by atoms with Gasteiger partial charge in [-0.25, -0.2) is 0 Å². The number of halogens is 1. The smallest absolute Gasteiger partial charge is 0.126 e. The van der Waals surface area contributed by atoms with E-state index in [1.54, 1.807) is 6.20 Å². The van der Waals surface area contributed by atoms with E-state index in [-0.39, 0.29) is 17.8 Å². The van der Waals surface area contributed by atoms with Gasteiger partial charge in [-0.15, -0.1) is 12.4 Å². The second kappa shape index (κ2) is 5.02. The highest BCUT2D eigenvalue weighted by Gasteiger charge is 2.16. The van der Waals surface area contributed by atoms with Gasteiger partial charge in [-0.3, -0.25) is 5.10 Å². The van der Waals surface area contributed by atoms with Crippen molar-refractivity contribution in [3.8, 4) is 11.1 Å². The number of hydrogen-bond donors (Lipinski definition) is 2. The van der Waals surface area contributed by atoms with E-state index in [0.717, 1.165) is 11.1 Å². The first kappa shape index (κ1) is 14.6. The Labute approximate surface area is 114 Å². The van der Waals surface area contributed by atoms with Gasteiger partial charge < -0.3 is 5.73 Å². The highest BCUT2D eigenvalue weighted by Crippen LogP contribution is 2.30. The van der Waals surface area contributed by atoms with Crippen molar-refractivity contribution in [1.82, 2.24) is 10.2 Å². The lowest BCUT2D eigenvalue weighted by Gasteiger charge is -2.20. The van der Waals surface area contributed by atoms with Crippen LogP contribution < -0.4 is 5.73 Å². The van der Waals surface area contributed by atoms with Gasteiger partial charge in [0.05, 0.1) is 6.20 Å². The van der Waals surface area contributed by atoms with Crippen molar-refractivity contribution in [1.29, 1.82) is 0 Å². The largest absolute Gasteiger partial charge is 0.384 e. The monoisotopic (exact) mass is 265 g/mol. The summed E-state index contributed by atoms with van der Waals surface area (Å²) < 4.78 is 0. The van der Waals surface area contributed by atoms with Crippen molar-refractivity contribution < 1.29 is 0 Å².